The fraction of sp³-hybridized carbons (Fsp3) is 0.100. The normalized spacial score (nSPS) is 14.2. The largest absolute Gasteiger partial charge is 0.361 e. The predicted molar refractivity (Wildman–Crippen MR) is 128 cm³/mol. The zero-order valence-corrected chi connectivity index (χ0v) is 18.0. The number of fused-ring (bicyclic) bond motifs is 10. The van der Waals surface area contributed by atoms with Crippen LogP contribution in [0.3, 0.4) is 0 Å². The van der Waals surface area contributed by atoms with Crippen molar-refractivity contribution in [2.24, 2.45) is 0 Å². The molecule has 0 radical (unpaired) electrons. The second kappa shape index (κ2) is 6.08. The summed E-state index contributed by atoms with van der Waals surface area (Å²) in [4.78, 5) is 0. The first-order valence-electron chi connectivity index (χ1n) is 11.1. The van der Waals surface area contributed by atoms with Crippen molar-refractivity contribution in [3.05, 3.63) is 125 Å². The molecule has 1 spiro atoms. The van der Waals surface area contributed by atoms with E-state index < -0.39 is 0 Å². The molecule has 0 amide bonds. The lowest BCUT2D eigenvalue weighted by Gasteiger charge is -2.30. The van der Waals surface area contributed by atoms with Crippen molar-refractivity contribution in [1.82, 2.24) is 5.16 Å². The van der Waals surface area contributed by atoms with Crippen LogP contribution < -0.4 is 0 Å². The Kier molecular flexibility index (Phi) is 3.37. The van der Waals surface area contributed by atoms with E-state index in [9.17, 15) is 0 Å². The van der Waals surface area contributed by atoms with Gasteiger partial charge in [-0.25, -0.2) is 0 Å². The van der Waals surface area contributed by atoms with Crippen molar-refractivity contribution >= 4 is 0 Å². The third-order valence-electron chi connectivity index (χ3n) is 7.32. The second-order valence-electron chi connectivity index (χ2n) is 8.85. The number of nitrogens with zero attached hydrogens (tertiary/aromatic N) is 1. The van der Waals surface area contributed by atoms with Gasteiger partial charge in [0.25, 0.3) is 0 Å². The highest BCUT2D eigenvalue weighted by Gasteiger charge is 2.51. The van der Waals surface area contributed by atoms with E-state index in [-0.39, 0.29) is 5.41 Å². The minimum atomic E-state index is -0.311. The molecule has 152 valence electrons. The van der Waals surface area contributed by atoms with Crippen LogP contribution in [0.5, 0.6) is 0 Å². The van der Waals surface area contributed by atoms with E-state index in [1.165, 1.54) is 44.5 Å². The Morgan fingerprint density at radius 3 is 1.59 bits per heavy atom. The standard InChI is InChI=1S/C30H21NO/c1-18-29(19(2)32-31-18)20-15-16-24-23-11-5-8-14-27(23)30(28(24)17-20)25-12-6-3-9-21(25)22-10-4-7-13-26(22)30/h3-17H,1-2H3. The fourth-order valence-corrected chi connectivity index (χ4v) is 6.15. The molecule has 7 rings (SSSR count). The van der Waals surface area contributed by atoms with Crippen LogP contribution in [0.4, 0.5) is 0 Å². The topological polar surface area (TPSA) is 26.0 Å². The lowest BCUT2D eigenvalue weighted by atomic mass is 9.70. The summed E-state index contributed by atoms with van der Waals surface area (Å²) in [6.07, 6.45) is 0. The van der Waals surface area contributed by atoms with Crippen molar-refractivity contribution < 1.29 is 4.52 Å². The van der Waals surface area contributed by atoms with Crippen LogP contribution in [0, 0.1) is 13.8 Å². The van der Waals surface area contributed by atoms with E-state index in [1.807, 2.05) is 13.8 Å². The average Bonchev–Trinajstić information content (AvgIpc) is 3.44. The molecule has 2 aliphatic rings. The molecule has 0 aliphatic heterocycles. The number of benzene rings is 4. The Bertz CT molecular complexity index is 1470. The summed E-state index contributed by atoms with van der Waals surface area (Å²) in [5.74, 6) is 0.860. The molecule has 0 bridgehead atoms. The monoisotopic (exact) mass is 411 g/mol. The van der Waals surface area contributed by atoms with Gasteiger partial charge in [-0.3, -0.25) is 0 Å². The molecule has 0 saturated heterocycles. The molecule has 0 N–H and O–H groups in total. The van der Waals surface area contributed by atoms with Gasteiger partial charge in [-0.15, -0.1) is 0 Å². The Hall–Kier alpha value is -3.91. The molecule has 2 aliphatic carbocycles. The van der Waals surface area contributed by atoms with E-state index in [4.69, 9.17) is 4.52 Å². The van der Waals surface area contributed by atoms with Crippen molar-refractivity contribution in [3.63, 3.8) is 0 Å². The summed E-state index contributed by atoms with van der Waals surface area (Å²) in [7, 11) is 0. The maximum atomic E-state index is 5.51. The minimum Gasteiger partial charge on any atom is -0.361 e. The zero-order chi connectivity index (χ0) is 21.4. The molecule has 5 aromatic rings. The van der Waals surface area contributed by atoms with Gasteiger partial charge < -0.3 is 4.52 Å². The quantitative estimate of drug-likeness (QED) is 0.283. The second-order valence-corrected chi connectivity index (χ2v) is 8.85. The first-order valence-corrected chi connectivity index (χ1v) is 11.1. The van der Waals surface area contributed by atoms with Crippen LogP contribution in [-0.2, 0) is 5.41 Å². The first-order chi connectivity index (χ1) is 15.7. The molecule has 2 heteroatoms. The summed E-state index contributed by atoms with van der Waals surface area (Å²) in [5, 5.41) is 4.21. The fourth-order valence-electron chi connectivity index (χ4n) is 6.15. The number of aromatic nitrogens is 1. The number of rotatable bonds is 1. The van der Waals surface area contributed by atoms with Gasteiger partial charge in [0.15, 0.2) is 0 Å². The Labute approximate surface area is 187 Å². The van der Waals surface area contributed by atoms with E-state index in [0.717, 1.165) is 22.6 Å². The highest BCUT2D eigenvalue weighted by atomic mass is 16.5. The minimum absolute atomic E-state index is 0.311. The van der Waals surface area contributed by atoms with Crippen LogP contribution >= 0.6 is 0 Å². The molecule has 0 unspecified atom stereocenters. The van der Waals surface area contributed by atoms with Crippen LogP contribution in [-0.4, -0.2) is 5.16 Å². The van der Waals surface area contributed by atoms with Gasteiger partial charge in [-0.05, 0) is 70.0 Å². The summed E-state index contributed by atoms with van der Waals surface area (Å²) in [6.45, 7) is 4.01. The Morgan fingerprint density at radius 2 is 1.09 bits per heavy atom. The lowest BCUT2D eigenvalue weighted by molar-refractivity contribution is 0.393. The molecule has 2 nitrogen and oxygen atoms in total. The lowest BCUT2D eigenvalue weighted by Crippen LogP contribution is -2.25. The highest BCUT2D eigenvalue weighted by Crippen LogP contribution is 2.62. The maximum absolute atomic E-state index is 5.51. The first kappa shape index (κ1) is 17.7. The summed E-state index contributed by atoms with van der Waals surface area (Å²) >= 11 is 0. The highest BCUT2D eigenvalue weighted by molar-refractivity contribution is 5.95. The van der Waals surface area contributed by atoms with Gasteiger partial charge in [-0.1, -0.05) is 90.1 Å². The van der Waals surface area contributed by atoms with E-state index in [2.05, 4.69) is 96.2 Å². The SMILES string of the molecule is Cc1noc(C)c1-c1ccc2c(c1)C1(c3ccccc3-c3ccccc31)c1ccccc1-2. The van der Waals surface area contributed by atoms with E-state index in [1.54, 1.807) is 0 Å². The molecule has 1 heterocycles. The van der Waals surface area contributed by atoms with Crippen LogP contribution in [0.1, 0.15) is 33.7 Å². The smallest absolute Gasteiger partial charge is 0.141 e. The van der Waals surface area contributed by atoms with Gasteiger partial charge in [0.2, 0.25) is 0 Å². The molecular weight excluding hydrogens is 390 g/mol. The number of hydrogen-bond donors (Lipinski definition) is 0. The molecular formula is C30H21NO. The third-order valence-corrected chi connectivity index (χ3v) is 7.32. The number of hydrogen-bond acceptors (Lipinski definition) is 2. The Balaban J connectivity index is 1.65. The van der Waals surface area contributed by atoms with Crippen molar-refractivity contribution in [2.75, 3.05) is 0 Å². The van der Waals surface area contributed by atoms with Gasteiger partial charge in [0.1, 0.15) is 5.76 Å². The maximum Gasteiger partial charge on any atom is 0.141 e. The van der Waals surface area contributed by atoms with Crippen LogP contribution in [0.2, 0.25) is 0 Å². The summed E-state index contributed by atoms with van der Waals surface area (Å²) in [5.41, 5.74) is 13.6. The molecule has 32 heavy (non-hydrogen) atoms. The van der Waals surface area contributed by atoms with E-state index in [0.29, 0.717) is 0 Å². The average molecular weight is 412 g/mol. The van der Waals surface area contributed by atoms with Crippen molar-refractivity contribution in [2.45, 2.75) is 19.3 Å². The molecule has 0 saturated carbocycles. The molecule has 4 aromatic carbocycles. The van der Waals surface area contributed by atoms with Gasteiger partial charge in [0, 0.05) is 5.56 Å². The van der Waals surface area contributed by atoms with E-state index >= 15 is 0 Å². The Morgan fingerprint density at radius 1 is 0.594 bits per heavy atom. The van der Waals surface area contributed by atoms with Crippen molar-refractivity contribution in [1.29, 1.82) is 0 Å². The summed E-state index contributed by atoms with van der Waals surface area (Å²) < 4.78 is 5.51. The van der Waals surface area contributed by atoms with Crippen molar-refractivity contribution in [3.8, 4) is 33.4 Å². The van der Waals surface area contributed by atoms with Gasteiger partial charge in [-0.2, -0.15) is 0 Å². The number of aryl methyl sites for hydroxylation is 2. The molecule has 1 aromatic heterocycles. The zero-order valence-electron chi connectivity index (χ0n) is 18.0. The third kappa shape index (κ3) is 1.98. The molecule has 0 fully saturated rings. The summed E-state index contributed by atoms with van der Waals surface area (Å²) in [6, 6.07) is 33.6. The van der Waals surface area contributed by atoms with Gasteiger partial charge >= 0.3 is 0 Å². The predicted octanol–water partition coefficient (Wildman–Crippen LogP) is 7.30. The van der Waals surface area contributed by atoms with Crippen LogP contribution in [0.15, 0.2) is 95.5 Å². The van der Waals surface area contributed by atoms with Crippen LogP contribution in [0.25, 0.3) is 33.4 Å². The molecule has 0 atom stereocenters. The van der Waals surface area contributed by atoms with Gasteiger partial charge in [0.05, 0.1) is 11.1 Å².